The predicted molar refractivity (Wildman–Crippen MR) is 107 cm³/mol. The lowest BCUT2D eigenvalue weighted by Gasteiger charge is -2.18. The van der Waals surface area contributed by atoms with E-state index >= 15 is 0 Å². The van der Waals surface area contributed by atoms with Crippen LogP contribution in [0.15, 0.2) is 57.7 Å². The monoisotopic (exact) mass is 363 g/mol. The van der Waals surface area contributed by atoms with Crippen molar-refractivity contribution in [3.63, 3.8) is 0 Å². The molecular formula is C23H25NO3. The number of aryl methyl sites for hydroxylation is 2. The first-order valence-electron chi connectivity index (χ1n) is 9.64. The largest absolute Gasteiger partial charge is 0.494 e. The Morgan fingerprint density at radius 1 is 1.07 bits per heavy atom. The van der Waals surface area contributed by atoms with Crippen molar-refractivity contribution in [1.82, 2.24) is 4.90 Å². The van der Waals surface area contributed by atoms with Crippen molar-refractivity contribution in [2.45, 2.75) is 32.2 Å². The van der Waals surface area contributed by atoms with Crippen molar-refractivity contribution in [3.8, 4) is 5.75 Å². The van der Waals surface area contributed by atoms with Crippen LogP contribution in [0.2, 0.25) is 0 Å². The molecule has 1 aliphatic carbocycles. The molecule has 0 atom stereocenters. The summed E-state index contributed by atoms with van der Waals surface area (Å²) in [5.74, 6) is 0.903. The van der Waals surface area contributed by atoms with Crippen LogP contribution in [-0.2, 0) is 19.4 Å². The fraction of sp³-hybridized carbons (Fsp3) is 0.348. The van der Waals surface area contributed by atoms with E-state index in [1.807, 2.05) is 30.3 Å². The van der Waals surface area contributed by atoms with Crippen molar-refractivity contribution >= 4 is 11.0 Å². The normalized spacial score (nSPS) is 13.3. The van der Waals surface area contributed by atoms with Crippen molar-refractivity contribution < 1.29 is 9.15 Å². The molecule has 3 aromatic rings. The molecule has 0 radical (unpaired) electrons. The molecule has 140 valence electrons. The van der Waals surface area contributed by atoms with Gasteiger partial charge < -0.3 is 14.1 Å². The van der Waals surface area contributed by atoms with Gasteiger partial charge in [0, 0.05) is 24.5 Å². The summed E-state index contributed by atoms with van der Waals surface area (Å²) in [6.07, 6.45) is 4.32. The maximum Gasteiger partial charge on any atom is 0.336 e. The average molecular weight is 363 g/mol. The Labute approximate surface area is 159 Å². The third-order valence-electron chi connectivity index (χ3n) is 5.18. The topological polar surface area (TPSA) is 42.7 Å². The highest BCUT2D eigenvalue weighted by Crippen LogP contribution is 2.28. The van der Waals surface area contributed by atoms with Crippen LogP contribution in [0.4, 0.5) is 0 Å². The lowest BCUT2D eigenvalue weighted by Crippen LogP contribution is -2.21. The van der Waals surface area contributed by atoms with E-state index < -0.39 is 0 Å². The Balaban J connectivity index is 1.41. The van der Waals surface area contributed by atoms with E-state index in [0.717, 1.165) is 54.6 Å². The zero-order chi connectivity index (χ0) is 18.6. The Kier molecular flexibility index (Phi) is 5.26. The molecule has 1 aromatic heterocycles. The van der Waals surface area contributed by atoms with E-state index in [1.165, 1.54) is 17.5 Å². The molecule has 0 N–H and O–H groups in total. The lowest BCUT2D eigenvalue weighted by atomic mass is 10.0. The molecule has 1 heterocycles. The highest BCUT2D eigenvalue weighted by atomic mass is 16.5. The zero-order valence-electron chi connectivity index (χ0n) is 15.7. The number of fused-ring (bicyclic) bond motifs is 2. The molecule has 0 saturated carbocycles. The number of nitrogens with zero attached hydrogens (tertiary/aromatic N) is 1. The van der Waals surface area contributed by atoms with Crippen molar-refractivity contribution in [2.24, 2.45) is 0 Å². The number of ether oxygens (including phenoxy) is 1. The molecule has 0 amide bonds. The predicted octanol–water partition coefficient (Wildman–Crippen LogP) is 4.18. The fourth-order valence-electron chi connectivity index (χ4n) is 3.84. The third-order valence-corrected chi connectivity index (χ3v) is 5.18. The second kappa shape index (κ2) is 7.97. The van der Waals surface area contributed by atoms with Gasteiger partial charge in [-0.1, -0.05) is 18.2 Å². The fourth-order valence-corrected chi connectivity index (χ4v) is 3.84. The van der Waals surface area contributed by atoms with Gasteiger partial charge in [-0.05, 0) is 73.7 Å². The van der Waals surface area contributed by atoms with Gasteiger partial charge in [-0.3, -0.25) is 0 Å². The lowest BCUT2D eigenvalue weighted by molar-refractivity contribution is 0.259. The summed E-state index contributed by atoms with van der Waals surface area (Å²) in [4.78, 5) is 14.2. The smallest absolute Gasteiger partial charge is 0.336 e. The van der Waals surface area contributed by atoms with Crippen LogP contribution in [-0.4, -0.2) is 25.1 Å². The van der Waals surface area contributed by atoms with Gasteiger partial charge >= 0.3 is 5.63 Å². The number of hydrogen-bond acceptors (Lipinski definition) is 4. The highest BCUT2D eigenvalue weighted by Gasteiger charge is 2.15. The van der Waals surface area contributed by atoms with E-state index in [4.69, 9.17) is 9.15 Å². The highest BCUT2D eigenvalue weighted by molar-refractivity contribution is 5.82. The van der Waals surface area contributed by atoms with E-state index in [-0.39, 0.29) is 5.63 Å². The van der Waals surface area contributed by atoms with Crippen molar-refractivity contribution in [1.29, 1.82) is 0 Å². The Morgan fingerprint density at radius 2 is 1.85 bits per heavy atom. The molecule has 27 heavy (non-hydrogen) atoms. The summed E-state index contributed by atoms with van der Waals surface area (Å²) < 4.78 is 11.2. The number of rotatable bonds is 7. The van der Waals surface area contributed by atoms with Gasteiger partial charge in [0.1, 0.15) is 11.3 Å². The molecule has 1 aliphatic rings. The quantitative estimate of drug-likeness (QED) is 0.466. The Morgan fingerprint density at radius 3 is 2.67 bits per heavy atom. The SMILES string of the molecule is CN(CCCOc1ccccc1)Cc1cc(=O)oc2cc3c(cc12)CCC3. The summed E-state index contributed by atoms with van der Waals surface area (Å²) in [5.41, 5.74) is 4.23. The molecule has 4 heteroatoms. The van der Waals surface area contributed by atoms with Crippen LogP contribution in [0, 0.1) is 0 Å². The minimum Gasteiger partial charge on any atom is -0.494 e. The number of benzene rings is 2. The number of para-hydroxylation sites is 1. The van der Waals surface area contributed by atoms with Crippen LogP contribution in [0.3, 0.4) is 0 Å². The molecule has 0 saturated heterocycles. The molecule has 0 aliphatic heterocycles. The summed E-state index contributed by atoms with van der Waals surface area (Å²) in [6, 6.07) is 15.8. The molecule has 0 unspecified atom stereocenters. The minimum atomic E-state index is -0.267. The van der Waals surface area contributed by atoms with Crippen LogP contribution in [0.25, 0.3) is 11.0 Å². The first-order valence-corrected chi connectivity index (χ1v) is 9.64. The van der Waals surface area contributed by atoms with Gasteiger partial charge in [0.25, 0.3) is 0 Å². The minimum absolute atomic E-state index is 0.267. The molecule has 0 fully saturated rings. The van der Waals surface area contributed by atoms with Gasteiger partial charge in [-0.15, -0.1) is 0 Å². The van der Waals surface area contributed by atoms with E-state index in [9.17, 15) is 4.79 Å². The molecule has 0 bridgehead atoms. The third kappa shape index (κ3) is 4.22. The first-order chi connectivity index (χ1) is 13.2. The van der Waals surface area contributed by atoms with Crippen LogP contribution in [0.5, 0.6) is 5.75 Å². The maximum absolute atomic E-state index is 12.0. The van der Waals surface area contributed by atoms with Crippen molar-refractivity contribution in [2.75, 3.05) is 20.2 Å². The van der Waals surface area contributed by atoms with Gasteiger partial charge in [0.15, 0.2) is 0 Å². The molecular weight excluding hydrogens is 338 g/mol. The summed E-state index contributed by atoms with van der Waals surface area (Å²) in [7, 11) is 2.08. The number of hydrogen-bond donors (Lipinski definition) is 0. The van der Waals surface area contributed by atoms with Crippen LogP contribution < -0.4 is 10.4 Å². The second-order valence-corrected chi connectivity index (χ2v) is 7.31. The Hall–Kier alpha value is -2.59. The summed E-state index contributed by atoms with van der Waals surface area (Å²) >= 11 is 0. The van der Waals surface area contributed by atoms with Gasteiger partial charge in [-0.2, -0.15) is 0 Å². The summed E-state index contributed by atoms with van der Waals surface area (Å²) in [6.45, 7) is 2.31. The van der Waals surface area contributed by atoms with E-state index in [1.54, 1.807) is 6.07 Å². The van der Waals surface area contributed by atoms with Gasteiger partial charge in [0.2, 0.25) is 0 Å². The second-order valence-electron chi connectivity index (χ2n) is 7.31. The van der Waals surface area contributed by atoms with E-state index in [2.05, 4.69) is 24.1 Å². The van der Waals surface area contributed by atoms with E-state index in [0.29, 0.717) is 6.61 Å². The average Bonchev–Trinajstić information content (AvgIpc) is 3.12. The molecule has 0 spiro atoms. The molecule has 4 nitrogen and oxygen atoms in total. The Bertz CT molecular complexity index is 978. The molecule has 4 rings (SSSR count). The van der Waals surface area contributed by atoms with Gasteiger partial charge in [0.05, 0.1) is 6.61 Å². The van der Waals surface area contributed by atoms with Crippen molar-refractivity contribution in [3.05, 3.63) is 75.6 Å². The maximum atomic E-state index is 12.0. The standard InChI is InChI=1S/C23H25NO3/c1-24(11-6-12-26-20-9-3-2-4-10-20)16-19-15-23(25)27-22-14-18-8-5-7-17(18)13-21(19)22/h2-4,9-10,13-15H,5-8,11-12,16H2,1H3. The summed E-state index contributed by atoms with van der Waals surface area (Å²) in [5, 5.41) is 1.07. The zero-order valence-corrected chi connectivity index (χ0v) is 15.7. The first kappa shape index (κ1) is 17.8. The molecule has 2 aromatic carbocycles. The van der Waals surface area contributed by atoms with Crippen LogP contribution in [0.1, 0.15) is 29.5 Å². The van der Waals surface area contributed by atoms with Crippen LogP contribution >= 0.6 is 0 Å². The van der Waals surface area contributed by atoms with Gasteiger partial charge in [-0.25, -0.2) is 4.79 Å².